The van der Waals surface area contributed by atoms with Gasteiger partial charge in [0.05, 0.1) is 0 Å². The Kier molecular flexibility index (Phi) is 8.38. The molecule has 1 rings (SSSR count). The average Bonchev–Trinajstić information content (AvgIpc) is 2.20. The minimum absolute atomic E-state index is 0. The Balaban J connectivity index is 0.00000196. The van der Waals surface area contributed by atoms with Gasteiger partial charge in [-0.1, -0.05) is 37.3 Å². The summed E-state index contributed by atoms with van der Waals surface area (Å²) >= 11 is 0. The van der Waals surface area contributed by atoms with Gasteiger partial charge in [0.25, 0.3) is 0 Å². The van der Waals surface area contributed by atoms with E-state index in [1.54, 1.807) is 0 Å². The van der Waals surface area contributed by atoms with Gasteiger partial charge in [-0.05, 0) is 31.5 Å². The van der Waals surface area contributed by atoms with Gasteiger partial charge in [-0.15, -0.1) is 12.4 Å². The quantitative estimate of drug-likeness (QED) is 0.782. The van der Waals surface area contributed by atoms with Crippen LogP contribution < -0.4 is 11.1 Å². The number of nitrogens with two attached hydrogens (primary N) is 1. The van der Waals surface area contributed by atoms with Crippen molar-refractivity contribution >= 4 is 12.4 Å². The number of nitrogens with one attached hydrogen (secondary N) is 1. The van der Waals surface area contributed by atoms with E-state index in [0.717, 1.165) is 25.9 Å². The van der Waals surface area contributed by atoms with Crippen LogP contribution in [0.4, 0.5) is 0 Å². The minimum atomic E-state index is 0. The molecular weight excluding hydrogens is 208 g/mol. The topological polar surface area (TPSA) is 38.0 Å². The molecule has 0 spiro atoms. The van der Waals surface area contributed by atoms with Crippen LogP contribution in [-0.4, -0.2) is 19.1 Å². The van der Waals surface area contributed by atoms with Gasteiger partial charge < -0.3 is 11.1 Å². The minimum Gasteiger partial charge on any atom is -0.330 e. The fourth-order valence-corrected chi connectivity index (χ4v) is 1.66. The lowest BCUT2D eigenvalue weighted by Crippen LogP contribution is -2.33. The zero-order chi connectivity index (χ0) is 10.2. The smallest absolute Gasteiger partial charge is 0.0119 e. The van der Waals surface area contributed by atoms with E-state index in [-0.39, 0.29) is 12.4 Å². The molecule has 3 N–H and O–H groups in total. The molecule has 0 aromatic heterocycles. The van der Waals surface area contributed by atoms with Crippen molar-refractivity contribution in [3.05, 3.63) is 35.9 Å². The third-order valence-electron chi connectivity index (χ3n) is 2.33. The first-order chi connectivity index (χ1) is 6.86. The summed E-state index contributed by atoms with van der Waals surface area (Å²) in [5, 5.41) is 3.45. The SMILES string of the molecule is CCN[C@H](CCN)Cc1ccccc1.Cl. The van der Waals surface area contributed by atoms with Gasteiger partial charge in [-0.3, -0.25) is 0 Å². The maximum absolute atomic E-state index is 5.57. The van der Waals surface area contributed by atoms with Crippen molar-refractivity contribution in [1.82, 2.24) is 5.32 Å². The van der Waals surface area contributed by atoms with Crippen LogP contribution in [0.15, 0.2) is 30.3 Å². The van der Waals surface area contributed by atoms with Crippen molar-refractivity contribution in [3.8, 4) is 0 Å². The summed E-state index contributed by atoms with van der Waals surface area (Å²) in [5.41, 5.74) is 6.95. The summed E-state index contributed by atoms with van der Waals surface area (Å²) in [6, 6.07) is 11.1. The van der Waals surface area contributed by atoms with Gasteiger partial charge in [0.15, 0.2) is 0 Å². The van der Waals surface area contributed by atoms with Crippen molar-refractivity contribution in [2.24, 2.45) is 5.73 Å². The molecule has 1 aromatic carbocycles. The van der Waals surface area contributed by atoms with Crippen LogP contribution in [0.1, 0.15) is 18.9 Å². The largest absolute Gasteiger partial charge is 0.330 e. The van der Waals surface area contributed by atoms with E-state index < -0.39 is 0 Å². The van der Waals surface area contributed by atoms with E-state index in [1.807, 2.05) is 0 Å². The first kappa shape index (κ1) is 14.4. The van der Waals surface area contributed by atoms with Gasteiger partial charge >= 0.3 is 0 Å². The first-order valence-corrected chi connectivity index (χ1v) is 5.34. The number of halogens is 1. The molecule has 0 aliphatic rings. The van der Waals surface area contributed by atoms with E-state index in [9.17, 15) is 0 Å². The molecule has 0 fully saturated rings. The van der Waals surface area contributed by atoms with E-state index in [2.05, 4.69) is 42.6 Å². The number of hydrogen-bond acceptors (Lipinski definition) is 2. The molecule has 0 bridgehead atoms. The maximum Gasteiger partial charge on any atom is 0.0119 e. The summed E-state index contributed by atoms with van der Waals surface area (Å²) in [6.45, 7) is 3.90. The zero-order valence-electron chi connectivity index (χ0n) is 9.28. The second-order valence-corrected chi connectivity index (χ2v) is 3.52. The standard InChI is InChI=1S/C12H20N2.ClH/c1-2-14-12(8-9-13)10-11-6-4-3-5-7-11;/h3-7,12,14H,2,8-10,13H2,1H3;1H/t12-;/m1./s1. The van der Waals surface area contributed by atoms with Gasteiger partial charge in [-0.25, -0.2) is 0 Å². The van der Waals surface area contributed by atoms with Crippen molar-refractivity contribution in [2.75, 3.05) is 13.1 Å². The highest BCUT2D eigenvalue weighted by atomic mass is 35.5. The second-order valence-electron chi connectivity index (χ2n) is 3.52. The van der Waals surface area contributed by atoms with Crippen molar-refractivity contribution < 1.29 is 0 Å². The fraction of sp³-hybridized carbons (Fsp3) is 0.500. The van der Waals surface area contributed by atoms with Gasteiger partial charge in [0, 0.05) is 6.04 Å². The Morgan fingerprint density at radius 1 is 1.27 bits per heavy atom. The molecule has 86 valence electrons. The van der Waals surface area contributed by atoms with E-state index >= 15 is 0 Å². The molecule has 15 heavy (non-hydrogen) atoms. The van der Waals surface area contributed by atoms with E-state index in [4.69, 9.17) is 5.73 Å². The summed E-state index contributed by atoms with van der Waals surface area (Å²) in [7, 11) is 0. The molecule has 0 saturated carbocycles. The zero-order valence-corrected chi connectivity index (χ0v) is 10.1. The maximum atomic E-state index is 5.57. The van der Waals surface area contributed by atoms with Crippen molar-refractivity contribution in [1.29, 1.82) is 0 Å². The third kappa shape index (κ3) is 5.78. The van der Waals surface area contributed by atoms with E-state index in [1.165, 1.54) is 5.56 Å². The van der Waals surface area contributed by atoms with Gasteiger partial charge in [0.1, 0.15) is 0 Å². The third-order valence-corrected chi connectivity index (χ3v) is 2.33. The number of likely N-dealkylation sites (N-methyl/N-ethyl adjacent to an activating group) is 1. The van der Waals surface area contributed by atoms with Crippen LogP contribution in [0.5, 0.6) is 0 Å². The number of benzene rings is 1. The Hall–Kier alpha value is -0.570. The lowest BCUT2D eigenvalue weighted by molar-refractivity contribution is 0.497. The normalized spacial score (nSPS) is 11.9. The molecular formula is C12H21ClN2. The number of hydrogen-bond donors (Lipinski definition) is 2. The molecule has 0 unspecified atom stereocenters. The highest BCUT2D eigenvalue weighted by Gasteiger charge is 2.06. The van der Waals surface area contributed by atoms with Crippen LogP contribution >= 0.6 is 12.4 Å². The lowest BCUT2D eigenvalue weighted by Gasteiger charge is -2.16. The van der Waals surface area contributed by atoms with Crippen LogP contribution in [0.3, 0.4) is 0 Å². The van der Waals surface area contributed by atoms with Crippen LogP contribution in [0, 0.1) is 0 Å². The molecule has 0 heterocycles. The molecule has 0 radical (unpaired) electrons. The fourth-order valence-electron chi connectivity index (χ4n) is 1.66. The molecule has 0 aliphatic heterocycles. The molecule has 0 aliphatic carbocycles. The Morgan fingerprint density at radius 3 is 2.47 bits per heavy atom. The van der Waals surface area contributed by atoms with Crippen molar-refractivity contribution in [3.63, 3.8) is 0 Å². The number of rotatable bonds is 6. The molecule has 1 atom stereocenters. The Labute approximate surface area is 98.7 Å². The van der Waals surface area contributed by atoms with Crippen LogP contribution in [0.25, 0.3) is 0 Å². The summed E-state index contributed by atoms with van der Waals surface area (Å²) in [6.07, 6.45) is 2.12. The van der Waals surface area contributed by atoms with Crippen molar-refractivity contribution in [2.45, 2.75) is 25.8 Å². The Bertz CT molecular complexity index is 233. The Morgan fingerprint density at radius 2 is 1.93 bits per heavy atom. The molecule has 0 saturated heterocycles. The summed E-state index contributed by atoms with van der Waals surface area (Å²) in [5.74, 6) is 0. The highest BCUT2D eigenvalue weighted by molar-refractivity contribution is 5.85. The molecule has 3 heteroatoms. The predicted molar refractivity (Wildman–Crippen MR) is 68.5 cm³/mol. The predicted octanol–water partition coefficient (Wildman–Crippen LogP) is 1.98. The highest BCUT2D eigenvalue weighted by Crippen LogP contribution is 2.04. The summed E-state index contributed by atoms with van der Waals surface area (Å²) < 4.78 is 0. The van der Waals surface area contributed by atoms with Crippen LogP contribution in [-0.2, 0) is 6.42 Å². The van der Waals surface area contributed by atoms with Gasteiger partial charge in [0.2, 0.25) is 0 Å². The van der Waals surface area contributed by atoms with Gasteiger partial charge in [-0.2, -0.15) is 0 Å². The van der Waals surface area contributed by atoms with E-state index in [0.29, 0.717) is 6.04 Å². The monoisotopic (exact) mass is 228 g/mol. The molecule has 0 amide bonds. The van der Waals surface area contributed by atoms with Crippen LogP contribution in [0.2, 0.25) is 0 Å². The lowest BCUT2D eigenvalue weighted by atomic mass is 10.0. The molecule has 2 nitrogen and oxygen atoms in total. The first-order valence-electron chi connectivity index (χ1n) is 5.34. The second kappa shape index (κ2) is 8.72. The molecule has 1 aromatic rings. The summed E-state index contributed by atoms with van der Waals surface area (Å²) in [4.78, 5) is 0. The average molecular weight is 229 g/mol.